The first kappa shape index (κ1) is 19.9. The van der Waals surface area contributed by atoms with Crippen LogP contribution >= 0.6 is 11.8 Å². The molecule has 2 aromatic rings. The van der Waals surface area contributed by atoms with Crippen molar-refractivity contribution in [2.45, 2.75) is 20.4 Å². The van der Waals surface area contributed by atoms with Gasteiger partial charge in [0.05, 0.1) is 6.61 Å². The first-order valence-corrected chi connectivity index (χ1v) is 9.83. The Bertz CT molecular complexity index is 926. The SMILES string of the molecule is CC1=C(C(=O)Nc2cc(C(=O)NCc3ccc(F)cc3)ccc2C)SCCO1. The number of carbonyl (C=O) groups excluding carboxylic acids is 2. The number of benzene rings is 2. The average Bonchev–Trinajstić information content (AvgIpc) is 2.69. The van der Waals surface area contributed by atoms with Crippen LogP contribution in [0.5, 0.6) is 0 Å². The number of aryl methyl sites for hydroxylation is 1. The van der Waals surface area contributed by atoms with Gasteiger partial charge < -0.3 is 15.4 Å². The highest BCUT2D eigenvalue weighted by Crippen LogP contribution is 2.27. The van der Waals surface area contributed by atoms with E-state index in [2.05, 4.69) is 10.6 Å². The number of ether oxygens (including phenoxy) is 1. The molecule has 0 spiro atoms. The number of hydrogen-bond donors (Lipinski definition) is 2. The number of carbonyl (C=O) groups is 2. The molecule has 0 fully saturated rings. The van der Waals surface area contributed by atoms with Crippen molar-refractivity contribution in [2.24, 2.45) is 0 Å². The summed E-state index contributed by atoms with van der Waals surface area (Å²) in [5.41, 5.74) is 2.66. The summed E-state index contributed by atoms with van der Waals surface area (Å²) in [7, 11) is 0. The van der Waals surface area contributed by atoms with Crippen LogP contribution in [-0.2, 0) is 16.1 Å². The molecule has 0 aromatic heterocycles. The minimum absolute atomic E-state index is 0.242. The first-order chi connectivity index (χ1) is 13.4. The molecule has 1 aliphatic heterocycles. The average molecular weight is 400 g/mol. The van der Waals surface area contributed by atoms with E-state index in [1.54, 1.807) is 37.3 Å². The number of thioether (sulfide) groups is 1. The van der Waals surface area contributed by atoms with Gasteiger partial charge in [0, 0.05) is 23.5 Å². The number of allylic oxidation sites excluding steroid dienone is 1. The van der Waals surface area contributed by atoms with Crippen LogP contribution in [0.15, 0.2) is 53.1 Å². The highest BCUT2D eigenvalue weighted by atomic mass is 32.2. The molecule has 3 rings (SSSR count). The minimum Gasteiger partial charge on any atom is -0.496 e. The molecule has 7 heteroatoms. The van der Waals surface area contributed by atoms with Gasteiger partial charge in [0.25, 0.3) is 11.8 Å². The predicted molar refractivity (Wildman–Crippen MR) is 108 cm³/mol. The van der Waals surface area contributed by atoms with E-state index in [0.29, 0.717) is 28.5 Å². The summed E-state index contributed by atoms with van der Waals surface area (Å²) < 4.78 is 18.4. The number of rotatable bonds is 5. The smallest absolute Gasteiger partial charge is 0.265 e. The lowest BCUT2D eigenvalue weighted by Gasteiger charge is -2.18. The molecule has 0 saturated carbocycles. The van der Waals surface area contributed by atoms with Crippen LogP contribution in [0.4, 0.5) is 10.1 Å². The van der Waals surface area contributed by atoms with Crippen molar-refractivity contribution in [3.8, 4) is 0 Å². The van der Waals surface area contributed by atoms with Crippen molar-refractivity contribution >= 4 is 29.3 Å². The normalized spacial score (nSPS) is 13.7. The second-order valence-corrected chi connectivity index (χ2v) is 7.48. The van der Waals surface area contributed by atoms with Crippen LogP contribution in [0.3, 0.4) is 0 Å². The summed E-state index contributed by atoms with van der Waals surface area (Å²) in [5, 5.41) is 5.66. The summed E-state index contributed by atoms with van der Waals surface area (Å²) in [6, 6.07) is 11.1. The van der Waals surface area contributed by atoms with Crippen LogP contribution < -0.4 is 10.6 Å². The van der Waals surface area contributed by atoms with Crippen molar-refractivity contribution in [3.05, 3.63) is 75.6 Å². The topological polar surface area (TPSA) is 67.4 Å². The van der Waals surface area contributed by atoms with Crippen LogP contribution in [0.2, 0.25) is 0 Å². The maximum absolute atomic E-state index is 13.0. The molecule has 146 valence electrons. The van der Waals surface area contributed by atoms with Crippen molar-refractivity contribution < 1.29 is 18.7 Å². The summed E-state index contributed by atoms with van der Waals surface area (Å²) >= 11 is 1.46. The number of hydrogen-bond acceptors (Lipinski definition) is 4. The minimum atomic E-state index is -0.319. The highest BCUT2D eigenvalue weighted by Gasteiger charge is 2.20. The first-order valence-electron chi connectivity index (χ1n) is 8.85. The summed E-state index contributed by atoms with van der Waals surface area (Å²) in [6.07, 6.45) is 0. The van der Waals surface area contributed by atoms with Crippen molar-refractivity contribution in [3.63, 3.8) is 0 Å². The Morgan fingerprint density at radius 2 is 1.86 bits per heavy atom. The van der Waals surface area contributed by atoms with Crippen LogP contribution in [0, 0.1) is 12.7 Å². The molecule has 0 atom stereocenters. The molecule has 1 heterocycles. The molecule has 1 aliphatic rings. The van der Waals surface area contributed by atoms with Crippen molar-refractivity contribution in [2.75, 3.05) is 17.7 Å². The third-order valence-electron chi connectivity index (χ3n) is 4.29. The molecule has 0 unspecified atom stereocenters. The van der Waals surface area contributed by atoms with Crippen LogP contribution in [0.1, 0.15) is 28.4 Å². The number of anilines is 1. The van der Waals surface area contributed by atoms with E-state index >= 15 is 0 Å². The zero-order valence-electron chi connectivity index (χ0n) is 15.7. The van der Waals surface area contributed by atoms with E-state index in [9.17, 15) is 14.0 Å². The summed E-state index contributed by atoms with van der Waals surface area (Å²) in [5.74, 6) is 0.505. The second-order valence-electron chi connectivity index (χ2n) is 6.38. The molecule has 0 bridgehead atoms. The van der Waals surface area contributed by atoms with Gasteiger partial charge in [-0.3, -0.25) is 9.59 Å². The molecular formula is C21H21FN2O3S. The van der Waals surface area contributed by atoms with Gasteiger partial charge in [0.2, 0.25) is 0 Å². The van der Waals surface area contributed by atoms with Gasteiger partial charge in [0.15, 0.2) is 0 Å². The standard InChI is InChI=1S/C21H21FN2O3S/c1-13-3-6-16(20(25)23-12-15-4-7-17(22)8-5-15)11-18(13)24-21(26)19-14(2)27-9-10-28-19/h3-8,11H,9-10,12H2,1-2H3,(H,23,25)(H,24,26). The van der Waals surface area contributed by atoms with Gasteiger partial charge in [-0.25, -0.2) is 4.39 Å². The summed E-state index contributed by atoms with van der Waals surface area (Å²) in [4.78, 5) is 25.6. The lowest BCUT2D eigenvalue weighted by molar-refractivity contribution is -0.112. The Balaban J connectivity index is 1.69. The maximum atomic E-state index is 13.0. The lowest BCUT2D eigenvalue weighted by Crippen LogP contribution is -2.23. The summed E-state index contributed by atoms with van der Waals surface area (Å²) in [6.45, 7) is 4.51. The third-order valence-corrected chi connectivity index (χ3v) is 5.42. The van der Waals surface area contributed by atoms with E-state index in [1.165, 1.54) is 23.9 Å². The molecule has 2 amide bonds. The Hall–Kier alpha value is -2.80. The van der Waals surface area contributed by atoms with E-state index in [0.717, 1.165) is 16.9 Å². The number of halogens is 1. The molecule has 2 N–H and O–H groups in total. The third kappa shape index (κ3) is 4.92. The fraction of sp³-hybridized carbons (Fsp3) is 0.238. The molecule has 0 saturated heterocycles. The zero-order chi connectivity index (χ0) is 20.1. The molecule has 2 aromatic carbocycles. The number of nitrogens with one attached hydrogen (secondary N) is 2. The Morgan fingerprint density at radius 1 is 1.11 bits per heavy atom. The Morgan fingerprint density at radius 3 is 2.57 bits per heavy atom. The maximum Gasteiger partial charge on any atom is 0.265 e. The van der Waals surface area contributed by atoms with Gasteiger partial charge in [-0.1, -0.05) is 18.2 Å². The van der Waals surface area contributed by atoms with Gasteiger partial charge in [-0.2, -0.15) is 0 Å². The van der Waals surface area contributed by atoms with E-state index in [4.69, 9.17) is 4.74 Å². The lowest BCUT2D eigenvalue weighted by atomic mass is 10.1. The Kier molecular flexibility index (Phi) is 6.36. The second kappa shape index (κ2) is 8.93. The number of amides is 2. The fourth-order valence-electron chi connectivity index (χ4n) is 2.69. The molecular weight excluding hydrogens is 379 g/mol. The van der Waals surface area contributed by atoms with Crippen LogP contribution in [0.25, 0.3) is 0 Å². The van der Waals surface area contributed by atoms with Crippen molar-refractivity contribution in [1.29, 1.82) is 0 Å². The predicted octanol–water partition coefficient (Wildman–Crippen LogP) is 4.00. The molecule has 0 radical (unpaired) electrons. The van der Waals surface area contributed by atoms with Gasteiger partial charge in [-0.05, 0) is 49.2 Å². The van der Waals surface area contributed by atoms with Gasteiger partial charge in [-0.15, -0.1) is 11.8 Å². The van der Waals surface area contributed by atoms with Gasteiger partial charge >= 0.3 is 0 Å². The quantitative estimate of drug-likeness (QED) is 0.796. The fourth-order valence-corrected chi connectivity index (χ4v) is 3.51. The molecule has 0 aliphatic carbocycles. The largest absolute Gasteiger partial charge is 0.496 e. The van der Waals surface area contributed by atoms with Crippen molar-refractivity contribution in [1.82, 2.24) is 5.32 Å². The van der Waals surface area contributed by atoms with Crippen LogP contribution in [-0.4, -0.2) is 24.2 Å². The van der Waals surface area contributed by atoms with E-state index in [1.807, 2.05) is 6.92 Å². The monoisotopic (exact) mass is 400 g/mol. The van der Waals surface area contributed by atoms with Gasteiger partial charge in [0.1, 0.15) is 16.5 Å². The molecule has 5 nitrogen and oxygen atoms in total. The van der Waals surface area contributed by atoms with E-state index in [-0.39, 0.29) is 24.2 Å². The zero-order valence-corrected chi connectivity index (χ0v) is 16.5. The van der Waals surface area contributed by atoms with E-state index < -0.39 is 0 Å². The molecule has 28 heavy (non-hydrogen) atoms. The highest BCUT2D eigenvalue weighted by molar-refractivity contribution is 8.04. The Labute approximate surface area is 167 Å².